The third-order valence-corrected chi connectivity index (χ3v) is 4.63. The molecule has 0 spiro atoms. The second kappa shape index (κ2) is 12.6. The van der Waals surface area contributed by atoms with Crippen molar-refractivity contribution < 1.29 is 28.7 Å². The monoisotopic (exact) mass is 384 g/mol. The van der Waals surface area contributed by atoms with Crippen molar-refractivity contribution in [3.63, 3.8) is 0 Å². The highest BCUT2D eigenvalue weighted by Gasteiger charge is 2.61. The number of aldehydes is 1. The molecule has 6 heteroatoms. The summed E-state index contributed by atoms with van der Waals surface area (Å²) >= 11 is 0. The Balaban J connectivity index is 6.48. The summed E-state index contributed by atoms with van der Waals surface area (Å²) < 4.78 is 11.3. The topological polar surface area (TPSA) is 86.7 Å². The molecule has 0 saturated heterocycles. The molecule has 0 amide bonds. The average molecular weight is 385 g/mol. The first kappa shape index (κ1) is 25.3. The van der Waals surface area contributed by atoms with E-state index in [4.69, 9.17) is 9.47 Å². The number of rotatable bonds is 15. The summed E-state index contributed by atoms with van der Waals surface area (Å²) in [6.07, 6.45) is 4.04. The minimum Gasteiger partial charge on any atom is -0.446 e. The molecule has 0 rings (SSSR count). The van der Waals surface area contributed by atoms with Gasteiger partial charge in [0, 0.05) is 19.3 Å². The molecule has 156 valence electrons. The molecular formula is C21H36O6. The lowest BCUT2D eigenvalue weighted by Gasteiger charge is -2.44. The predicted molar refractivity (Wildman–Crippen MR) is 103 cm³/mol. The summed E-state index contributed by atoms with van der Waals surface area (Å²) in [5.41, 5.74) is -3.56. The lowest BCUT2D eigenvalue weighted by Crippen LogP contribution is -2.64. The smallest absolute Gasteiger partial charge is 0.306 e. The zero-order valence-corrected chi connectivity index (χ0v) is 17.6. The van der Waals surface area contributed by atoms with Gasteiger partial charge in [-0.1, -0.05) is 47.5 Å². The van der Waals surface area contributed by atoms with Crippen molar-refractivity contribution >= 4 is 24.0 Å². The van der Waals surface area contributed by atoms with Gasteiger partial charge < -0.3 is 9.47 Å². The number of unbranched alkanes of at least 4 members (excludes halogenated alkanes) is 1. The van der Waals surface area contributed by atoms with E-state index in [-0.39, 0.29) is 37.9 Å². The van der Waals surface area contributed by atoms with E-state index in [1.165, 1.54) is 0 Å². The second-order valence-corrected chi connectivity index (χ2v) is 6.91. The first-order chi connectivity index (χ1) is 12.8. The minimum absolute atomic E-state index is 0.0667. The maximum atomic E-state index is 13.2. The highest BCUT2D eigenvalue weighted by atomic mass is 16.6. The van der Waals surface area contributed by atoms with Crippen LogP contribution in [0.4, 0.5) is 0 Å². The van der Waals surface area contributed by atoms with Crippen molar-refractivity contribution in [3.8, 4) is 0 Å². The van der Waals surface area contributed by atoms with Crippen LogP contribution in [-0.2, 0) is 28.7 Å². The van der Waals surface area contributed by atoms with Crippen molar-refractivity contribution in [1.82, 2.24) is 0 Å². The number of hydrogen-bond donors (Lipinski definition) is 0. The highest BCUT2D eigenvalue weighted by molar-refractivity contribution is 5.96. The van der Waals surface area contributed by atoms with Gasteiger partial charge in [-0.05, 0) is 32.1 Å². The Kier molecular flexibility index (Phi) is 11.8. The first-order valence-electron chi connectivity index (χ1n) is 10.3. The Morgan fingerprint density at radius 2 is 1.41 bits per heavy atom. The fraction of sp³-hybridized carbons (Fsp3) is 0.810. The lowest BCUT2D eigenvalue weighted by molar-refractivity contribution is -0.213. The number of Topliss-reactive ketones (excluding diaryl/α,β-unsaturated/α-hetero) is 1. The van der Waals surface area contributed by atoms with Crippen LogP contribution >= 0.6 is 0 Å². The van der Waals surface area contributed by atoms with Crippen molar-refractivity contribution in [3.05, 3.63) is 0 Å². The number of esters is 2. The van der Waals surface area contributed by atoms with Crippen LogP contribution in [-0.4, -0.2) is 35.2 Å². The molecule has 0 aliphatic carbocycles. The Hall–Kier alpha value is -1.72. The Labute approximate surface area is 163 Å². The molecule has 0 N–H and O–H groups in total. The van der Waals surface area contributed by atoms with Crippen LogP contribution in [0.5, 0.6) is 0 Å². The molecule has 0 aromatic carbocycles. The van der Waals surface area contributed by atoms with Gasteiger partial charge in [0.1, 0.15) is 0 Å². The molecule has 0 fully saturated rings. The number of carbonyl (C=O) groups is 4. The van der Waals surface area contributed by atoms with Crippen LogP contribution in [0.1, 0.15) is 98.8 Å². The molecule has 0 aliphatic heterocycles. The Bertz CT molecular complexity index is 501. The van der Waals surface area contributed by atoms with Gasteiger partial charge in [-0.15, -0.1) is 0 Å². The fourth-order valence-corrected chi connectivity index (χ4v) is 3.25. The number of ketones is 1. The molecule has 6 nitrogen and oxygen atoms in total. The van der Waals surface area contributed by atoms with E-state index in [0.29, 0.717) is 32.0 Å². The van der Waals surface area contributed by atoms with Gasteiger partial charge in [-0.3, -0.25) is 19.2 Å². The van der Waals surface area contributed by atoms with Crippen LogP contribution in [0.3, 0.4) is 0 Å². The van der Waals surface area contributed by atoms with Crippen LogP contribution in [0.25, 0.3) is 0 Å². The summed E-state index contributed by atoms with van der Waals surface area (Å²) in [4.78, 5) is 50.1. The Morgan fingerprint density at radius 1 is 0.778 bits per heavy atom. The van der Waals surface area contributed by atoms with E-state index < -0.39 is 23.1 Å². The molecular weight excluding hydrogens is 348 g/mol. The van der Waals surface area contributed by atoms with E-state index in [9.17, 15) is 19.2 Å². The number of carbonyl (C=O) groups excluding carboxylic acids is 4. The van der Waals surface area contributed by atoms with E-state index in [1.807, 2.05) is 27.7 Å². The summed E-state index contributed by atoms with van der Waals surface area (Å²) in [6.45, 7) is 9.08. The van der Waals surface area contributed by atoms with Crippen molar-refractivity contribution in [2.24, 2.45) is 0 Å². The van der Waals surface area contributed by atoms with Crippen molar-refractivity contribution in [2.45, 2.75) is 110 Å². The highest BCUT2D eigenvalue weighted by Crippen LogP contribution is 2.40. The second-order valence-electron chi connectivity index (χ2n) is 6.91. The minimum atomic E-state index is -1.79. The molecule has 2 atom stereocenters. The zero-order valence-electron chi connectivity index (χ0n) is 17.6. The largest absolute Gasteiger partial charge is 0.446 e. The molecule has 2 unspecified atom stereocenters. The fourth-order valence-electron chi connectivity index (χ4n) is 3.25. The van der Waals surface area contributed by atoms with Gasteiger partial charge in [0.05, 0.1) is 0 Å². The lowest BCUT2D eigenvalue weighted by atomic mass is 9.72. The van der Waals surface area contributed by atoms with Gasteiger partial charge in [-0.25, -0.2) is 0 Å². The Morgan fingerprint density at radius 3 is 1.85 bits per heavy atom. The molecule has 0 heterocycles. The summed E-state index contributed by atoms with van der Waals surface area (Å²) in [7, 11) is 0. The van der Waals surface area contributed by atoms with Gasteiger partial charge >= 0.3 is 11.9 Å². The van der Waals surface area contributed by atoms with Gasteiger partial charge in [0.2, 0.25) is 11.2 Å². The zero-order chi connectivity index (χ0) is 20.9. The number of ether oxygens (including phenoxy) is 2. The molecule has 0 aromatic rings. The van der Waals surface area contributed by atoms with Gasteiger partial charge in [0.15, 0.2) is 12.1 Å². The summed E-state index contributed by atoms with van der Waals surface area (Å²) in [5, 5.41) is 0. The van der Waals surface area contributed by atoms with E-state index >= 15 is 0 Å². The van der Waals surface area contributed by atoms with Crippen LogP contribution < -0.4 is 0 Å². The van der Waals surface area contributed by atoms with Crippen LogP contribution in [0, 0.1) is 0 Å². The third-order valence-electron chi connectivity index (χ3n) is 4.63. The number of hydrogen-bond acceptors (Lipinski definition) is 6. The van der Waals surface area contributed by atoms with Gasteiger partial charge in [-0.2, -0.15) is 0 Å². The van der Waals surface area contributed by atoms with E-state index in [2.05, 4.69) is 0 Å². The maximum absolute atomic E-state index is 13.2. The third kappa shape index (κ3) is 6.43. The van der Waals surface area contributed by atoms with E-state index in [1.54, 1.807) is 6.92 Å². The maximum Gasteiger partial charge on any atom is 0.306 e. The van der Waals surface area contributed by atoms with Crippen LogP contribution in [0.2, 0.25) is 0 Å². The molecule has 0 aromatic heterocycles. The standard InChI is InChI=1S/C21H36O6/c1-6-11-15-21(17(23)12-7-2,27-18(24)10-5)20(16-22,14-9-4)26-19(25)13-8-3/h16H,6-15H2,1-5H3. The van der Waals surface area contributed by atoms with Gasteiger partial charge in [0.25, 0.3) is 0 Å². The molecule has 0 aliphatic rings. The van der Waals surface area contributed by atoms with Crippen molar-refractivity contribution in [1.29, 1.82) is 0 Å². The first-order valence-corrected chi connectivity index (χ1v) is 10.3. The molecule has 0 bridgehead atoms. The quantitative estimate of drug-likeness (QED) is 0.309. The van der Waals surface area contributed by atoms with Crippen LogP contribution in [0.15, 0.2) is 0 Å². The SMILES string of the molecule is CCCCC(OC(=O)CC)(C(=O)CCC)C(C=O)(CCC)OC(=O)CCC. The van der Waals surface area contributed by atoms with Crippen molar-refractivity contribution in [2.75, 3.05) is 0 Å². The average Bonchev–Trinajstić information content (AvgIpc) is 2.64. The molecule has 0 saturated carbocycles. The molecule has 0 radical (unpaired) electrons. The normalized spacial score (nSPS) is 15.3. The van der Waals surface area contributed by atoms with E-state index in [0.717, 1.165) is 6.42 Å². The molecule has 27 heavy (non-hydrogen) atoms. The summed E-state index contributed by atoms with van der Waals surface area (Å²) in [6, 6.07) is 0. The summed E-state index contributed by atoms with van der Waals surface area (Å²) in [5.74, 6) is -1.50. The predicted octanol–water partition coefficient (Wildman–Crippen LogP) is 4.32.